The van der Waals surface area contributed by atoms with Crippen molar-refractivity contribution in [2.45, 2.75) is 39.3 Å². The lowest BCUT2D eigenvalue weighted by Gasteiger charge is -2.29. The number of carbonyl (C=O) groups excluding carboxylic acids is 1. The van der Waals surface area contributed by atoms with Crippen molar-refractivity contribution >= 4 is 21.8 Å². The molecule has 0 heterocycles. The molecule has 0 aliphatic rings. The zero-order chi connectivity index (χ0) is 13.2. The largest absolute Gasteiger partial charge is 0.391 e. The number of aliphatic hydroxyl groups excluding tert-OH is 1. The van der Waals surface area contributed by atoms with Crippen LogP contribution in [0, 0.1) is 6.92 Å². The second-order valence-corrected chi connectivity index (χ2v) is 5.69. The first-order chi connectivity index (χ1) is 7.74. The van der Waals surface area contributed by atoms with Crippen LogP contribution in [0.15, 0.2) is 22.7 Å². The Kier molecular flexibility index (Phi) is 4.33. The molecule has 3 nitrogen and oxygen atoms in total. The summed E-state index contributed by atoms with van der Waals surface area (Å²) in [6.45, 7) is 7.17. The van der Waals surface area contributed by atoms with Crippen molar-refractivity contribution in [1.82, 2.24) is 5.32 Å². The molecule has 1 unspecified atom stereocenters. The van der Waals surface area contributed by atoms with Crippen LogP contribution in [-0.2, 0) is 0 Å². The van der Waals surface area contributed by atoms with Gasteiger partial charge in [0, 0.05) is 4.47 Å². The topological polar surface area (TPSA) is 49.3 Å². The summed E-state index contributed by atoms with van der Waals surface area (Å²) in [6.07, 6.45) is -0.616. The van der Waals surface area contributed by atoms with Crippen molar-refractivity contribution in [2.24, 2.45) is 0 Å². The zero-order valence-corrected chi connectivity index (χ0v) is 12.1. The minimum atomic E-state index is -0.653. The number of aryl methyl sites for hydroxylation is 1. The highest BCUT2D eigenvalue weighted by Gasteiger charge is 2.27. The Morgan fingerprint density at radius 2 is 2.06 bits per heavy atom. The van der Waals surface area contributed by atoms with E-state index in [0.29, 0.717) is 5.56 Å². The van der Waals surface area contributed by atoms with Crippen molar-refractivity contribution in [2.75, 3.05) is 0 Å². The van der Waals surface area contributed by atoms with E-state index in [4.69, 9.17) is 0 Å². The predicted molar refractivity (Wildman–Crippen MR) is 72.1 cm³/mol. The van der Waals surface area contributed by atoms with E-state index in [1.54, 1.807) is 20.8 Å². The van der Waals surface area contributed by atoms with Crippen LogP contribution in [0.4, 0.5) is 0 Å². The minimum absolute atomic E-state index is 0.188. The molecule has 17 heavy (non-hydrogen) atoms. The highest BCUT2D eigenvalue weighted by molar-refractivity contribution is 9.10. The van der Waals surface area contributed by atoms with Crippen LogP contribution in [0.5, 0.6) is 0 Å². The molecule has 0 radical (unpaired) electrons. The fourth-order valence-electron chi connectivity index (χ4n) is 1.28. The maximum atomic E-state index is 12.1. The van der Waals surface area contributed by atoms with Crippen LogP contribution in [0.2, 0.25) is 0 Å². The van der Waals surface area contributed by atoms with Crippen molar-refractivity contribution in [3.63, 3.8) is 0 Å². The molecule has 2 N–H and O–H groups in total. The van der Waals surface area contributed by atoms with Gasteiger partial charge in [-0.1, -0.05) is 11.6 Å². The third kappa shape index (κ3) is 3.54. The Bertz CT molecular complexity index is 427. The fraction of sp³-hybridized carbons (Fsp3) is 0.462. The van der Waals surface area contributed by atoms with Gasteiger partial charge in [0.1, 0.15) is 0 Å². The van der Waals surface area contributed by atoms with Crippen LogP contribution in [0.1, 0.15) is 36.7 Å². The van der Waals surface area contributed by atoms with Crippen molar-refractivity contribution in [3.05, 3.63) is 33.8 Å². The van der Waals surface area contributed by atoms with E-state index in [-0.39, 0.29) is 5.91 Å². The number of halogens is 1. The summed E-state index contributed by atoms with van der Waals surface area (Å²) in [6, 6.07) is 5.60. The van der Waals surface area contributed by atoms with E-state index < -0.39 is 11.6 Å². The van der Waals surface area contributed by atoms with E-state index in [9.17, 15) is 9.90 Å². The molecule has 1 aromatic rings. The Labute approximate surface area is 110 Å². The number of aliphatic hydroxyl groups is 1. The molecule has 0 saturated carbocycles. The van der Waals surface area contributed by atoms with Crippen LogP contribution >= 0.6 is 15.9 Å². The van der Waals surface area contributed by atoms with Gasteiger partial charge in [-0.3, -0.25) is 4.79 Å². The molecular formula is C13H18BrNO2. The first-order valence-corrected chi connectivity index (χ1v) is 6.30. The van der Waals surface area contributed by atoms with Crippen molar-refractivity contribution in [3.8, 4) is 0 Å². The van der Waals surface area contributed by atoms with E-state index in [1.807, 2.05) is 25.1 Å². The summed E-state index contributed by atoms with van der Waals surface area (Å²) in [5.74, 6) is -0.188. The molecule has 1 atom stereocenters. The number of carbonyl (C=O) groups is 1. The SMILES string of the molecule is Cc1ccc(Br)c(C(=O)NC(C)(C)C(C)O)c1. The Balaban J connectivity index is 2.94. The molecule has 1 amide bonds. The smallest absolute Gasteiger partial charge is 0.252 e. The first kappa shape index (κ1) is 14.2. The lowest BCUT2D eigenvalue weighted by atomic mass is 9.98. The summed E-state index contributed by atoms with van der Waals surface area (Å²) in [7, 11) is 0. The molecule has 1 aromatic carbocycles. The molecule has 0 bridgehead atoms. The highest BCUT2D eigenvalue weighted by atomic mass is 79.9. The third-order valence-corrected chi connectivity index (χ3v) is 3.54. The summed E-state index contributed by atoms with van der Waals surface area (Å²) < 4.78 is 0.752. The van der Waals surface area contributed by atoms with Gasteiger partial charge in [-0.2, -0.15) is 0 Å². The maximum absolute atomic E-state index is 12.1. The first-order valence-electron chi connectivity index (χ1n) is 5.51. The maximum Gasteiger partial charge on any atom is 0.252 e. The van der Waals surface area contributed by atoms with Gasteiger partial charge in [0.15, 0.2) is 0 Å². The minimum Gasteiger partial charge on any atom is -0.391 e. The van der Waals surface area contributed by atoms with Crippen molar-refractivity contribution < 1.29 is 9.90 Å². The van der Waals surface area contributed by atoms with Crippen molar-refractivity contribution in [1.29, 1.82) is 0 Å². The van der Waals surface area contributed by atoms with Gasteiger partial charge in [-0.05, 0) is 55.8 Å². The summed E-state index contributed by atoms with van der Waals surface area (Å²) in [4.78, 5) is 12.1. The molecule has 0 aromatic heterocycles. The van der Waals surface area contributed by atoms with Gasteiger partial charge in [0.05, 0.1) is 17.2 Å². The molecule has 0 aliphatic heterocycles. The number of amides is 1. The third-order valence-electron chi connectivity index (χ3n) is 2.85. The van der Waals surface area contributed by atoms with Gasteiger partial charge in [0.25, 0.3) is 5.91 Å². The molecular weight excluding hydrogens is 282 g/mol. The highest BCUT2D eigenvalue weighted by Crippen LogP contribution is 2.19. The van der Waals surface area contributed by atoms with Crippen LogP contribution in [0.3, 0.4) is 0 Å². The lowest BCUT2D eigenvalue weighted by Crippen LogP contribution is -2.51. The summed E-state index contributed by atoms with van der Waals surface area (Å²) in [5.41, 5.74) is 0.951. The monoisotopic (exact) mass is 299 g/mol. The normalized spacial score (nSPS) is 13.3. The standard InChI is InChI=1S/C13H18BrNO2/c1-8-5-6-11(14)10(7-8)12(17)15-13(3,4)9(2)16/h5-7,9,16H,1-4H3,(H,15,17). The predicted octanol–water partition coefficient (Wildman–Crippen LogP) is 2.65. The van der Waals surface area contributed by atoms with Gasteiger partial charge in [-0.25, -0.2) is 0 Å². The Morgan fingerprint density at radius 3 is 2.59 bits per heavy atom. The second kappa shape index (κ2) is 5.19. The number of rotatable bonds is 3. The van der Waals surface area contributed by atoms with E-state index in [2.05, 4.69) is 21.2 Å². The molecule has 0 spiro atoms. The molecule has 0 aliphatic carbocycles. The Hall–Kier alpha value is -0.870. The van der Waals surface area contributed by atoms with Gasteiger partial charge < -0.3 is 10.4 Å². The van der Waals surface area contributed by atoms with Crippen LogP contribution in [-0.4, -0.2) is 22.7 Å². The van der Waals surface area contributed by atoms with Gasteiger partial charge in [-0.15, -0.1) is 0 Å². The second-order valence-electron chi connectivity index (χ2n) is 4.84. The molecule has 94 valence electrons. The van der Waals surface area contributed by atoms with Gasteiger partial charge in [0.2, 0.25) is 0 Å². The summed E-state index contributed by atoms with van der Waals surface area (Å²) >= 11 is 3.35. The average molecular weight is 300 g/mol. The number of benzene rings is 1. The van der Waals surface area contributed by atoms with E-state index >= 15 is 0 Å². The molecule has 0 fully saturated rings. The average Bonchev–Trinajstić information content (AvgIpc) is 2.20. The van der Waals surface area contributed by atoms with Crippen LogP contribution in [0.25, 0.3) is 0 Å². The molecule has 4 heteroatoms. The fourth-order valence-corrected chi connectivity index (χ4v) is 1.70. The lowest BCUT2D eigenvalue weighted by molar-refractivity contribution is 0.0708. The Morgan fingerprint density at radius 1 is 1.47 bits per heavy atom. The molecule has 1 rings (SSSR count). The zero-order valence-electron chi connectivity index (χ0n) is 10.5. The van der Waals surface area contributed by atoms with Gasteiger partial charge >= 0.3 is 0 Å². The summed E-state index contributed by atoms with van der Waals surface area (Å²) in [5, 5.41) is 12.4. The number of nitrogens with one attached hydrogen (secondary N) is 1. The number of hydrogen-bond donors (Lipinski definition) is 2. The van der Waals surface area contributed by atoms with Crippen LogP contribution < -0.4 is 5.32 Å². The molecule has 0 saturated heterocycles. The quantitative estimate of drug-likeness (QED) is 0.901. The van der Waals surface area contributed by atoms with E-state index in [0.717, 1.165) is 10.0 Å². The number of hydrogen-bond acceptors (Lipinski definition) is 2. The van der Waals surface area contributed by atoms with E-state index in [1.165, 1.54) is 0 Å².